The van der Waals surface area contributed by atoms with Gasteiger partial charge in [0.1, 0.15) is 0 Å². The van der Waals surface area contributed by atoms with Gasteiger partial charge in [-0.2, -0.15) is 5.26 Å². The molecule has 4 heteroatoms. The Labute approximate surface area is 87.7 Å². The van der Waals surface area contributed by atoms with Crippen LogP contribution in [0.15, 0.2) is 18.2 Å². The molecule has 1 aliphatic heterocycles. The van der Waals surface area contributed by atoms with Crippen LogP contribution in [0.25, 0.3) is 0 Å². The van der Waals surface area contributed by atoms with Crippen molar-refractivity contribution in [2.45, 2.75) is 19.0 Å². The van der Waals surface area contributed by atoms with Gasteiger partial charge >= 0.3 is 0 Å². The summed E-state index contributed by atoms with van der Waals surface area (Å²) >= 11 is 0. The van der Waals surface area contributed by atoms with E-state index >= 15 is 0 Å². The minimum absolute atomic E-state index is 0.0897. The van der Waals surface area contributed by atoms with Crippen molar-refractivity contribution in [1.82, 2.24) is 5.32 Å². The summed E-state index contributed by atoms with van der Waals surface area (Å²) in [4.78, 5) is 11.0. The van der Waals surface area contributed by atoms with Crippen molar-refractivity contribution in [3.05, 3.63) is 34.9 Å². The van der Waals surface area contributed by atoms with Gasteiger partial charge in [-0.1, -0.05) is 6.07 Å². The number of nitrogens with two attached hydrogens (primary N) is 1. The van der Waals surface area contributed by atoms with E-state index in [1.165, 1.54) is 0 Å². The Morgan fingerprint density at radius 2 is 2.47 bits per heavy atom. The molecule has 1 aromatic rings. The molecule has 2 rings (SSSR count). The maximum atomic E-state index is 11.0. The Morgan fingerprint density at radius 1 is 1.67 bits per heavy atom. The fourth-order valence-electron chi connectivity index (χ4n) is 1.87. The highest BCUT2D eigenvalue weighted by atomic mass is 16.1. The zero-order valence-electron chi connectivity index (χ0n) is 8.16. The molecule has 4 nitrogen and oxygen atoms in total. The molecule has 1 heterocycles. The first-order valence-electron chi connectivity index (χ1n) is 4.75. The predicted molar refractivity (Wildman–Crippen MR) is 54.8 cm³/mol. The molecular formula is C11H11N3O. The minimum atomic E-state index is -0.415. The van der Waals surface area contributed by atoms with E-state index in [9.17, 15) is 4.79 Å². The topological polar surface area (TPSA) is 78.9 Å². The van der Waals surface area contributed by atoms with Crippen LogP contribution in [0.4, 0.5) is 0 Å². The summed E-state index contributed by atoms with van der Waals surface area (Å²) in [7, 11) is 0. The second-order valence-electron chi connectivity index (χ2n) is 3.57. The molecule has 1 unspecified atom stereocenters. The lowest BCUT2D eigenvalue weighted by molar-refractivity contribution is 0.1000. The molecule has 0 radical (unpaired) electrons. The number of hydrogen-bond acceptors (Lipinski definition) is 3. The van der Waals surface area contributed by atoms with E-state index in [-0.39, 0.29) is 6.04 Å². The molecule has 0 aliphatic carbocycles. The molecule has 0 spiro atoms. The number of carbonyl (C=O) groups is 1. The third-order valence-electron chi connectivity index (χ3n) is 2.64. The molecule has 0 aromatic heterocycles. The third kappa shape index (κ3) is 1.69. The average molecular weight is 201 g/mol. The lowest BCUT2D eigenvalue weighted by atomic mass is 10.0. The van der Waals surface area contributed by atoms with Crippen LogP contribution in [0.1, 0.15) is 33.9 Å². The number of benzene rings is 1. The van der Waals surface area contributed by atoms with Gasteiger partial charge in [-0.15, -0.1) is 0 Å². The number of nitrogens with one attached hydrogen (secondary N) is 1. The molecule has 0 fully saturated rings. The van der Waals surface area contributed by atoms with Crippen LogP contribution in [-0.4, -0.2) is 5.91 Å². The first-order valence-corrected chi connectivity index (χ1v) is 4.75. The Bertz CT molecular complexity index is 448. The predicted octanol–water partition coefficient (Wildman–Crippen LogP) is 0.843. The average Bonchev–Trinajstić information content (AvgIpc) is 2.61. The van der Waals surface area contributed by atoms with Gasteiger partial charge in [0.15, 0.2) is 0 Å². The number of nitriles is 1. The molecular weight excluding hydrogens is 190 g/mol. The monoisotopic (exact) mass is 201 g/mol. The summed E-state index contributed by atoms with van der Waals surface area (Å²) in [6.45, 7) is 0.697. The number of fused-ring (bicyclic) bond motifs is 1. The highest BCUT2D eigenvalue weighted by molar-refractivity contribution is 5.93. The van der Waals surface area contributed by atoms with Crippen molar-refractivity contribution in [2.24, 2.45) is 5.73 Å². The largest absolute Gasteiger partial charge is 0.366 e. The van der Waals surface area contributed by atoms with E-state index in [1.54, 1.807) is 12.1 Å². The SMILES string of the molecule is N#CCC1NCc2cc(C(N)=O)ccc21. The Morgan fingerprint density at radius 3 is 3.13 bits per heavy atom. The summed E-state index contributed by atoms with van der Waals surface area (Å²) in [6.07, 6.45) is 0.447. The van der Waals surface area contributed by atoms with Crippen molar-refractivity contribution >= 4 is 5.91 Å². The van der Waals surface area contributed by atoms with E-state index in [2.05, 4.69) is 11.4 Å². The van der Waals surface area contributed by atoms with Gasteiger partial charge < -0.3 is 11.1 Å². The summed E-state index contributed by atoms with van der Waals surface area (Å²) < 4.78 is 0. The lowest BCUT2D eigenvalue weighted by Gasteiger charge is -2.06. The fourth-order valence-corrected chi connectivity index (χ4v) is 1.87. The molecule has 3 N–H and O–H groups in total. The maximum absolute atomic E-state index is 11.0. The number of primary amides is 1. The third-order valence-corrected chi connectivity index (χ3v) is 2.64. The van der Waals surface area contributed by atoms with E-state index in [4.69, 9.17) is 11.0 Å². The van der Waals surface area contributed by atoms with Gasteiger partial charge in [0.05, 0.1) is 12.5 Å². The summed E-state index contributed by atoms with van der Waals surface area (Å²) in [5.41, 5.74) is 7.87. The molecule has 1 atom stereocenters. The molecule has 76 valence electrons. The number of amides is 1. The van der Waals surface area contributed by atoms with Gasteiger partial charge in [-0.25, -0.2) is 0 Å². The highest BCUT2D eigenvalue weighted by Gasteiger charge is 2.21. The molecule has 1 aliphatic rings. The van der Waals surface area contributed by atoms with Crippen LogP contribution in [0.2, 0.25) is 0 Å². The van der Waals surface area contributed by atoms with E-state index in [1.807, 2.05) is 6.07 Å². The molecule has 1 amide bonds. The summed E-state index contributed by atoms with van der Waals surface area (Å²) in [5.74, 6) is -0.415. The summed E-state index contributed by atoms with van der Waals surface area (Å²) in [6, 6.07) is 7.60. The molecule has 0 bridgehead atoms. The highest BCUT2D eigenvalue weighted by Crippen LogP contribution is 2.27. The first kappa shape index (κ1) is 9.69. The second-order valence-corrected chi connectivity index (χ2v) is 3.57. The standard InChI is InChI=1S/C11H11N3O/c12-4-3-10-9-2-1-7(11(13)15)5-8(9)6-14-10/h1-2,5,10,14H,3,6H2,(H2,13,15). The van der Waals surface area contributed by atoms with Crippen LogP contribution in [-0.2, 0) is 6.54 Å². The van der Waals surface area contributed by atoms with Crippen LogP contribution in [0, 0.1) is 11.3 Å². The quantitative estimate of drug-likeness (QED) is 0.744. The van der Waals surface area contributed by atoms with Gasteiger partial charge in [0.2, 0.25) is 5.91 Å². The number of hydrogen-bond donors (Lipinski definition) is 2. The zero-order chi connectivity index (χ0) is 10.8. The van der Waals surface area contributed by atoms with Gasteiger partial charge in [-0.3, -0.25) is 4.79 Å². The second kappa shape index (κ2) is 3.71. The van der Waals surface area contributed by atoms with Crippen molar-refractivity contribution in [1.29, 1.82) is 5.26 Å². The van der Waals surface area contributed by atoms with E-state index in [0.29, 0.717) is 18.5 Å². The molecule has 15 heavy (non-hydrogen) atoms. The van der Waals surface area contributed by atoms with E-state index < -0.39 is 5.91 Å². The minimum Gasteiger partial charge on any atom is -0.366 e. The van der Waals surface area contributed by atoms with E-state index in [0.717, 1.165) is 11.1 Å². The lowest BCUT2D eigenvalue weighted by Crippen LogP contribution is -2.11. The number of nitrogens with zero attached hydrogens (tertiary/aromatic N) is 1. The van der Waals surface area contributed by atoms with Crippen molar-refractivity contribution in [3.63, 3.8) is 0 Å². The Balaban J connectivity index is 2.34. The normalized spacial score (nSPS) is 18.2. The van der Waals surface area contributed by atoms with Gasteiger partial charge in [-0.05, 0) is 23.3 Å². The smallest absolute Gasteiger partial charge is 0.248 e. The Hall–Kier alpha value is -1.86. The Kier molecular flexibility index (Phi) is 2.40. The van der Waals surface area contributed by atoms with Crippen LogP contribution in [0.3, 0.4) is 0 Å². The maximum Gasteiger partial charge on any atom is 0.248 e. The van der Waals surface area contributed by atoms with Gasteiger partial charge in [0, 0.05) is 18.2 Å². The van der Waals surface area contributed by atoms with Gasteiger partial charge in [0.25, 0.3) is 0 Å². The zero-order valence-corrected chi connectivity index (χ0v) is 8.16. The number of rotatable bonds is 2. The first-order chi connectivity index (χ1) is 7.22. The van der Waals surface area contributed by atoms with Crippen molar-refractivity contribution < 1.29 is 4.79 Å². The van der Waals surface area contributed by atoms with Crippen LogP contribution in [0.5, 0.6) is 0 Å². The fraction of sp³-hybridized carbons (Fsp3) is 0.273. The molecule has 0 saturated heterocycles. The van der Waals surface area contributed by atoms with Crippen LogP contribution < -0.4 is 11.1 Å². The number of carbonyl (C=O) groups excluding carboxylic acids is 1. The molecule has 1 aromatic carbocycles. The molecule has 0 saturated carbocycles. The van der Waals surface area contributed by atoms with Crippen LogP contribution >= 0.6 is 0 Å². The summed E-state index contributed by atoms with van der Waals surface area (Å²) in [5, 5.41) is 11.8. The van der Waals surface area contributed by atoms with Crippen molar-refractivity contribution in [2.75, 3.05) is 0 Å². The van der Waals surface area contributed by atoms with Crippen molar-refractivity contribution in [3.8, 4) is 6.07 Å².